The molecule has 0 heterocycles. The molecule has 0 aromatic heterocycles. The standard InChI is InChI=1S/C26H29OP.CH3.Ni/c1-17-12-19(3)25(20(4)13-17)28(16-24(27)23-10-8-7-9-11-23)26-21(5)14-18(2)15-22(26)6;;/h7-15H,16H2,1-6H3;1H3;/q;-1;/p+1. The second kappa shape index (κ2) is 11.0. The van der Waals surface area contributed by atoms with Crippen LogP contribution in [0.25, 0.3) is 0 Å². The van der Waals surface area contributed by atoms with Crippen molar-refractivity contribution in [3.8, 4) is 0 Å². The van der Waals surface area contributed by atoms with E-state index in [-0.39, 0.29) is 29.7 Å². The van der Waals surface area contributed by atoms with Crippen LogP contribution in [0.1, 0.15) is 43.7 Å². The van der Waals surface area contributed by atoms with Crippen molar-refractivity contribution in [2.24, 2.45) is 0 Å². The third kappa shape index (κ3) is 5.69. The van der Waals surface area contributed by atoms with Crippen molar-refractivity contribution >= 4 is 24.3 Å². The van der Waals surface area contributed by atoms with Crippen LogP contribution in [0.5, 0.6) is 0 Å². The number of hydrogen-bond donors (Lipinski definition) is 0. The summed E-state index contributed by atoms with van der Waals surface area (Å²) < 4.78 is 0. The molecule has 0 unspecified atom stereocenters. The first-order valence-electron chi connectivity index (χ1n) is 9.88. The SMILES string of the molecule is Cc1cc(C)c([PH+](CC(=O)c2ccccc2)c2c(C)cc(C)cc2C)c(C)c1.[CH3-].[Ni]. The number of carbonyl (C=O) groups excluding carboxylic acids is 1. The first-order chi connectivity index (χ1) is 13.3. The summed E-state index contributed by atoms with van der Waals surface area (Å²) in [6.07, 6.45) is 0.587. The van der Waals surface area contributed by atoms with Crippen LogP contribution >= 0.6 is 7.92 Å². The molecule has 0 N–H and O–H groups in total. The average molecular weight is 463 g/mol. The van der Waals surface area contributed by atoms with Gasteiger partial charge in [0.25, 0.3) is 0 Å². The Kier molecular flexibility index (Phi) is 9.67. The van der Waals surface area contributed by atoms with Crippen LogP contribution < -0.4 is 10.6 Å². The Hall–Kier alpha value is -1.75. The Bertz CT molecular complexity index is 921. The molecule has 0 aliphatic carbocycles. The summed E-state index contributed by atoms with van der Waals surface area (Å²) in [5.74, 6) is 0.244. The molecule has 0 saturated heterocycles. The van der Waals surface area contributed by atoms with E-state index in [2.05, 4.69) is 65.8 Å². The van der Waals surface area contributed by atoms with Gasteiger partial charge >= 0.3 is 0 Å². The zero-order valence-electron chi connectivity index (χ0n) is 19.1. The fraction of sp³-hybridized carbons (Fsp3) is 0.259. The smallest absolute Gasteiger partial charge is 0.200 e. The molecule has 1 nitrogen and oxygen atoms in total. The number of benzene rings is 3. The second-order valence-electron chi connectivity index (χ2n) is 7.99. The zero-order valence-corrected chi connectivity index (χ0v) is 21.1. The van der Waals surface area contributed by atoms with Gasteiger partial charge in [-0.25, -0.2) is 0 Å². The molecule has 3 aromatic carbocycles. The monoisotopic (exact) mass is 462 g/mol. The molecule has 0 atom stereocenters. The van der Waals surface area contributed by atoms with Crippen molar-refractivity contribution in [1.82, 2.24) is 0 Å². The van der Waals surface area contributed by atoms with Gasteiger partial charge < -0.3 is 7.43 Å². The fourth-order valence-corrected chi connectivity index (χ4v) is 7.82. The largest absolute Gasteiger partial charge is 0.358 e. The molecular formula is C27H33NiOP. The van der Waals surface area contributed by atoms with Crippen LogP contribution in [0.4, 0.5) is 0 Å². The molecule has 0 aliphatic heterocycles. The molecule has 3 heteroatoms. The molecule has 0 amide bonds. The molecule has 0 fully saturated rings. The van der Waals surface area contributed by atoms with Crippen LogP contribution in [0, 0.1) is 49.0 Å². The van der Waals surface area contributed by atoms with E-state index in [9.17, 15) is 4.79 Å². The van der Waals surface area contributed by atoms with Gasteiger partial charge in [-0.1, -0.05) is 65.7 Å². The van der Waals surface area contributed by atoms with E-state index in [0.29, 0.717) is 6.16 Å². The predicted octanol–water partition coefficient (Wildman–Crippen LogP) is 6.03. The fourth-order valence-electron chi connectivity index (χ4n) is 4.50. The van der Waals surface area contributed by atoms with Gasteiger partial charge in [-0.15, -0.1) is 0 Å². The summed E-state index contributed by atoms with van der Waals surface area (Å²) in [7, 11) is -1.25. The summed E-state index contributed by atoms with van der Waals surface area (Å²) in [6, 6.07) is 18.8. The van der Waals surface area contributed by atoms with Crippen LogP contribution in [0.15, 0.2) is 54.6 Å². The van der Waals surface area contributed by atoms with Gasteiger partial charge in [-0.2, -0.15) is 0 Å². The number of hydrogen-bond acceptors (Lipinski definition) is 1. The van der Waals surface area contributed by atoms with Gasteiger partial charge in [0.2, 0.25) is 0 Å². The number of aryl methyl sites for hydroxylation is 6. The third-order valence-electron chi connectivity index (χ3n) is 5.39. The van der Waals surface area contributed by atoms with Gasteiger partial charge in [-0.3, -0.25) is 4.79 Å². The minimum atomic E-state index is -1.25. The molecule has 0 bridgehead atoms. The molecule has 30 heavy (non-hydrogen) atoms. The maximum atomic E-state index is 13.2. The first kappa shape index (κ1) is 26.3. The Morgan fingerprint density at radius 1 is 0.700 bits per heavy atom. The quantitative estimate of drug-likeness (QED) is 0.195. The minimum absolute atomic E-state index is 0. The molecular weight excluding hydrogens is 430 g/mol. The van der Waals surface area contributed by atoms with E-state index in [4.69, 9.17) is 0 Å². The summed E-state index contributed by atoms with van der Waals surface area (Å²) >= 11 is 0. The molecule has 3 rings (SSSR count). The summed E-state index contributed by atoms with van der Waals surface area (Å²) in [6.45, 7) is 13.1. The molecule has 3 aromatic rings. The third-order valence-corrected chi connectivity index (χ3v) is 8.85. The summed E-state index contributed by atoms with van der Waals surface area (Å²) in [5.41, 5.74) is 8.63. The Morgan fingerprint density at radius 2 is 1.07 bits per heavy atom. The van der Waals surface area contributed by atoms with Crippen LogP contribution in [-0.2, 0) is 16.5 Å². The van der Waals surface area contributed by atoms with Crippen LogP contribution in [-0.4, -0.2) is 11.9 Å². The minimum Gasteiger partial charge on any atom is -0.358 e. The Balaban J connectivity index is 0.00000225. The van der Waals surface area contributed by atoms with Gasteiger partial charge in [0.15, 0.2) is 5.78 Å². The normalized spacial score (nSPS) is 10.4. The van der Waals surface area contributed by atoms with E-state index in [1.807, 2.05) is 30.3 Å². The molecule has 162 valence electrons. The van der Waals surface area contributed by atoms with Gasteiger partial charge in [-0.05, 0) is 63.8 Å². The van der Waals surface area contributed by atoms with Crippen LogP contribution in [0.2, 0.25) is 0 Å². The topological polar surface area (TPSA) is 17.1 Å². The van der Waals surface area contributed by atoms with Crippen molar-refractivity contribution < 1.29 is 21.3 Å². The van der Waals surface area contributed by atoms with E-state index >= 15 is 0 Å². The van der Waals surface area contributed by atoms with Gasteiger partial charge in [0, 0.05) is 22.1 Å². The van der Waals surface area contributed by atoms with Gasteiger partial charge in [0.1, 0.15) is 16.8 Å². The van der Waals surface area contributed by atoms with Crippen molar-refractivity contribution in [2.45, 2.75) is 41.5 Å². The summed E-state index contributed by atoms with van der Waals surface area (Å²) in [5, 5.41) is 2.80. The maximum Gasteiger partial charge on any atom is 0.200 e. The van der Waals surface area contributed by atoms with E-state index < -0.39 is 7.92 Å². The van der Waals surface area contributed by atoms with Crippen molar-refractivity contribution in [1.29, 1.82) is 0 Å². The number of ketones is 1. The Labute approximate surface area is 194 Å². The zero-order chi connectivity index (χ0) is 20.4. The van der Waals surface area contributed by atoms with Crippen LogP contribution in [0.3, 0.4) is 0 Å². The number of rotatable bonds is 5. The van der Waals surface area contributed by atoms with Gasteiger partial charge in [0.05, 0.1) is 7.92 Å². The molecule has 0 aliphatic rings. The van der Waals surface area contributed by atoms with E-state index in [0.717, 1.165) is 5.56 Å². The van der Waals surface area contributed by atoms with Crippen molar-refractivity contribution in [2.75, 3.05) is 6.16 Å². The van der Waals surface area contributed by atoms with E-state index in [1.54, 1.807) is 0 Å². The predicted molar refractivity (Wildman–Crippen MR) is 131 cm³/mol. The van der Waals surface area contributed by atoms with Crippen molar-refractivity contribution in [3.63, 3.8) is 0 Å². The second-order valence-corrected chi connectivity index (χ2v) is 10.3. The maximum absolute atomic E-state index is 13.2. The summed E-state index contributed by atoms with van der Waals surface area (Å²) in [4.78, 5) is 13.2. The average Bonchev–Trinajstić information content (AvgIpc) is 2.60. The molecule has 0 spiro atoms. The number of Topliss-reactive ketones (excluding diaryl/α,β-unsaturated/α-hetero) is 1. The van der Waals surface area contributed by atoms with Crippen molar-refractivity contribution in [3.05, 3.63) is 101 Å². The Morgan fingerprint density at radius 3 is 1.43 bits per heavy atom. The van der Waals surface area contributed by atoms with E-state index in [1.165, 1.54) is 44.0 Å². The molecule has 0 saturated carbocycles. The first-order valence-corrected chi connectivity index (χ1v) is 11.6. The molecule has 0 radical (unpaired) electrons. The number of carbonyl (C=O) groups is 1.